The van der Waals surface area contributed by atoms with Crippen molar-refractivity contribution in [1.29, 1.82) is 0 Å². The molecule has 27 heavy (non-hydrogen) atoms. The second kappa shape index (κ2) is 8.95. The maximum Gasteiger partial charge on any atom is 0.218 e. The number of sulfonamides is 1. The Hall–Kier alpha value is -1.76. The van der Waals surface area contributed by atoms with Crippen molar-refractivity contribution >= 4 is 10.0 Å². The lowest BCUT2D eigenvalue weighted by Gasteiger charge is -2.34. The summed E-state index contributed by atoms with van der Waals surface area (Å²) in [4.78, 5) is 2.26. The van der Waals surface area contributed by atoms with Crippen LogP contribution < -0.4 is 0 Å². The fourth-order valence-corrected chi connectivity index (χ4v) is 5.10. The molecule has 0 saturated carbocycles. The highest BCUT2D eigenvalue weighted by molar-refractivity contribution is 7.88. The molecule has 0 N–H and O–H groups in total. The minimum Gasteiger partial charge on any atom is -0.301 e. The lowest BCUT2D eigenvalue weighted by molar-refractivity contribution is 0.186. The van der Waals surface area contributed by atoms with Gasteiger partial charge < -0.3 is 4.90 Å². The average Bonchev–Trinajstić information content (AvgIpc) is 2.65. The van der Waals surface area contributed by atoms with Crippen LogP contribution in [-0.2, 0) is 22.2 Å². The van der Waals surface area contributed by atoms with Gasteiger partial charge in [0.05, 0.1) is 5.75 Å². The highest BCUT2D eigenvalue weighted by Gasteiger charge is 2.27. The van der Waals surface area contributed by atoms with Crippen molar-refractivity contribution in [3.63, 3.8) is 0 Å². The van der Waals surface area contributed by atoms with Crippen LogP contribution in [0.1, 0.15) is 23.1 Å². The maximum absolute atomic E-state index is 13.7. The lowest BCUT2D eigenvalue weighted by atomic mass is 10.1. The van der Waals surface area contributed by atoms with Crippen LogP contribution in [0.5, 0.6) is 0 Å². The quantitative estimate of drug-likeness (QED) is 0.729. The molecular weight excluding hydrogens is 363 g/mol. The van der Waals surface area contributed by atoms with Gasteiger partial charge in [-0.3, -0.25) is 0 Å². The first kappa shape index (κ1) is 20.0. The number of halogens is 1. The number of piperazine rings is 1. The van der Waals surface area contributed by atoms with Gasteiger partial charge in [-0.25, -0.2) is 12.8 Å². The minimum absolute atomic E-state index is 0.0625. The number of aryl methyl sites for hydroxylation is 2. The lowest BCUT2D eigenvalue weighted by Crippen LogP contribution is -2.49. The van der Waals surface area contributed by atoms with Gasteiger partial charge in [0.15, 0.2) is 0 Å². The molecule has 2 aromatic rings. The Labute approximate surface area is 161 Å². The van der Waals surface area contributed by atoms with E-state index in [1.54, 1.807) is 10.4 Å². The summed E-state index contributed by atoms with van der Waals surface area (Å²) >= 11 is 0. The molecule has 0 aromatic heterocycles. The molecule has 0 spiro atoms. The highest BCUT2D eigenvalue weighted by Crippen LogP contribution is 2.17. The van der Waals surface area contributed by atoms with E-state index in [9.17, 15) is 12.8 Å². The molecule has 1 aliphatic heterocycles. The molecule has 0 unspecified atom stereocenters. The minimum atomic E-state index is -3.29. The van der Waals surface area contributed by atoms with Crippen molar-refractivity contribution in [1.82, 2.24) is 9.21 Å². The molecule has 1 aliphatic rings. The zero-order valence-electron chi connectivity index (χ0n) is 15.8. The first-order valence-electron chi connectivity index (χ1n) is 9.44. The summed E-state index contributed by atoms with van der Waals surface area (Å²) in [5, 5.41) is 0. The van der Waals surface area contributed by atoms with Crippen LogP contribution in [0.25, 0.3) is 0 Å². The van der Waals surface area contributed by atoms with Gasteiger partial charge in [-0.15, -0.1) is 0 Å². The molecule has 0 atom stereocenters. The first-order chi connectivity index (χ1) is 13.0. The van der Waals surface area contributed by atoms with E-state index in [1.165, 1.54) is 6.07 Å². The zero-order valence-corrected chi connectivity index (χ0v) is 16.6. The van der Waals surface area contributed by atoms with Gasteiger partial charge in [-0.2, -0.15) is 4.31 Å². The molecule has 4 nitrogen and oxygen atoms in total. The highest BCUT2D eigenvalue weighted by atomic mass is 32.2. The Morgan fingerprint density at radius 3 is 2.22 bits per heavy atom. The molecule has 1 fully saturated rings. The monoisotopic (exact) mass is 390 g/mol. The molecule has 0 aliphatic carbocycles. The molecule has 0 bridgehead atoms. The maximum atomic E-state index is 13.7. The number of hydrogen-bond acceptors (Lipinski definition) is 3. The standard InChI is InChI=1S/C21H27FN2O2S/c1-18-7-2-3-9-20(18)17-27(25,26)24-15-13-23(14-16-24)12-6-10-19-8-4-5-11-21(19)22/h2-5,7-9,11H,6,10,12-17H2,1H3. The largest absolute Gasteiger partial charge is 0.301 e. The predicted octanol–water partition coefficient (Wildman–Crippen LogP) is 3.21. The molecule has 0 radical (unpaired) electrons. The summed E-state index contributed by atoms with van der Waals surface area (Å²) in [5.41, 5.74) is 2.62. The van der Waals surface area contributed by atoms with E-state index in [4.69, 9.17) is 0 Å². The molecule has 6 heteroatoms. The van der Waals surface area contributed by atoms with Crippen molar-refractivity contribution < 1.29 is 12.8 Å². The third-order valence-corrected chi connectivity index (χ3v) is 7.03. The van der Waals surface area contributed by atoms with Crippen LogP contribution >= 0.6 is 0 Å². The third-order valence-electron chi connectivity index (χ3n) is 5.20. The van der Waals surface area contributed by atoms with Crippen molar-refractivity contribution in [2.45, 2.75) is 25.5 Å². The number of nitrogens with zero attached hydrogens (tertiary/aromatic N) is 2. The molecule has 2 aromatic carbocycles. The second-order valence-electron chi connectivity index (χ2n) is 7.12. The van der Waals surface area contributed by atoms with Gasteiger partial charge in [-0.05, 0) is 49.1 Å². The van der Waals surface area contributed by atoms with E-state index in [0.717, 1.165) is 42.7 Å². The summed E-state index contributed by atoms with van der Waals surface area (Å²) < 4.78 is 40.7. The van der Waals surface area contributed by atoms with E-state index >= 15 is 0 Å². The summed E-state index contributed by atoms with van der Waals surface area (Å²) in [5.74, 6) is -0.0860. The van der Waals surface area contributed by atoms with Crippen LogP contribution in [-0.4, -0.2) is 50.3 Å². The SMILES string of the molecule is Cc1ccccc1CS(=O)(=O)N1CCN(CCCc2ccccc2F)CC1. The Morgan fingerprint density at radius 2 is 1.56 bits per heavy atom. The molecule has 1 heterocycles. The second-order valence-corrected chi connectivity index (χ2v) is 9.09. The fraction of sp³-hybridized carbons (Fsp3) is 0.429. The fourth-order valence-electron chi connectivity index (χ4n) is 3.49. The van der Waals surface area contributed by atoms with E-state index in [0.29, 0.717) is 19.5 Å². The van der Waals surface area contributed by atoms with Crippen molar-refractivity contribution in [2.75, 3.05) is 32.7 Å². The van der Waals surface area contributed by atoms with Crippen LogP contribution in [0.4, 0.5) is 4.39 Å². The van der Waals surface area contributed by atoms with Crippen molar-refractivity contribution in [2.24, 2.45) is 0 Å². The van der Waals surface area contributed by atoms with Crippen LogP contribution in [0.15, 0.2) is 48.5 Å². The Balaban J connectivity index is 1.47. The van der Waals surface area contributed by atoms with E-state index in [2.05, 4.69) is 4.90 Å². The van der Waals surface area contributed by atoms with Crippen molar-refractivity contribution in [3.05, 3.63) is 71.0 Å². The molecular formula is C21H27FN2O2S. The smallest absolute Gasteiger partial charge is 0.218 e. The van der Waals surface area contributed by atoms with E-state index in [1.807, 2.05) is 43.3 Å². The summed E-state index contributed by atoms with van der Waals surface area (Å²) in [6, 6.07) is 14.5. The molecule has 3 rings (SSSR count). The number of rotatable bonds is 7. The third kappa shape index (κ3) is 5.37. The molecule has 1 saturated heterocycles. The normalized spacial score (nSPS) is 16.5. The Kier molecular flexibility index (Phi) is 6.63. The Morgan fingerprint density at radius 1 is 0.926 bits per heavy atom. The van der Waals surface area contributed by atoms with E-state index < -0.39 is 10.0 Å². The van der Waals surface area contributed by atoms with Gasteiger partial charge in [0.25, 0.3) is 0 Å². The van der Waals surface area contributed by atoms with Gasteiger partial charge in [0, 0.05) is 26.2 Å². The van der Waals surface area contributed by atoms with Crippen LogP contribution in [0.2, 0.25) is 0 Å². The summed E-state index contributed by atoms with van der Waals surface area (Å²) in [7, 11) is -3.29. The van der Waals surface area contributed by atoms with Crippen LogP contribution in [0.3, 0.4) is 0 Å². The zero-order chi connectivity index (χ0) is 19.3. The first-order valence-corrected chi connectivity index (χ1v) is 11.0. The predicted molar refractivity (Wildman–Crippen MR) is 107 cm³/mol. The van der Waals surface area contributed by atoms with Crippen LogP contribution in [0, 0.1) is 12.7 Å². The topological polar surface area (TPSA) is 40.6 Å². The summed E-state index contributed by atoms with van der Waals surface area (Å²) in [6.07, 6.45) is 1.58. The summed E-state index contributed by atoms with van der Waals surface area (Å²) in [6.45, 7) is 5.30. The molecule has 0 amide bonds. The van der Waals surface area contributed by atoms with Gasteiger partial charge in [0.2, 0.25) is 10.0 Å². The number of benzene rings is 2. The van der Waals surface area contributed by atoms with Gasteiger partial charge >= 0.3 is 0 Å². The molecule has 146 valence electrons. The van der Waals surface area contributed by atoms with E-state index in [-0.39, 0.29) is 11.6 Å². The Bertz CT molecular complexity index is 862. The number of hydrogen-bond donors (Lipinski definition) is 0. The van der Waals surface area contributed by atoms with Crippen molar-refractivity contribution in [3.8, 4) is 0 Å². The van der Waals surface area contributed by atoms with Gasteiger partial charge in [-0.1, -0.05) is 42.5 Å². The van der Waals surface area contributed by atoms with Gasteiger partial charge in [0.1, 0.15) is 5.82 Å². The average molecular weight is 391 g/mol.